The van der Waals surface area contributed by atoms with E-state index in [2.05, 4.69) is 10.9 Å². The second-order valence-corrected chi connectivity index (χ2v) is 7.07. The second-order valence-electron chi connectivity index (χ2n) is 6.03. The van der Waals surface area contributed by atoms with Crippen LogP contribution in [0.1, 0.15) is 24.1 Å². The van der Waals surface area contributed by atoms with Gasteiger partial charge in [0, 0.05) is 4.90 Å². The molecule has 6 heteroatoms. The Kier molecular flexibility index (Phi) is 7.69. The van der Waals surface area contributed by atoms with E-state index in [1.165, 1.54) is 17.3 Å². The predicted octanol–water partition coefficient (Wildman–Crippen LogP) is 2.93. The number of likely N-dealkylation sites (N-methyl/N-ethyl adjacent to an activating group) is 1. The van der Waals surface area contributed by atoms with E-state index in [0.717, 1.165) is 10.5 Å². The number of rotatable bonds is 7. The van der Waals surface area contributed by atoms with Crippen LogP contribution in [0.3, 0.4) is 0 Å². The van der Waals surface area contributed by atoms with E-state index < -0.39 is 6.04 Å². The summed E-state index contributed by atoms with van der Waals surface area (Å²) in [5, 5.41) is 0. The number of nitrogens with zero attached hydrogens (tertiary/aromatic N) is 1. The summed E-state index contributed by atoms with van der Waals surface area (Å²) >= 11 is 1.43. The number of thioether (sulfide) groups is 1. The molecule has 0 aromatic heterocycles. The fraction of sp³-hybridized carbons (Fsp3) is 0.300. The molecule has 0 heterocycles. The molecule has 2 rings (SSSR count). The fourth-order valence-electron chi connectivity index (χ4n) is 2.44. The molecule has 0 bridgehead atoms. The number of hydrogen-bond donors (Lipinski definition) is 2. The standard InChI is InChI=1S/C20H25N3O2S/c1-4-23(3)19(16-8-6-5-7-9-16)20(25)22-21-18(24)14-26-17-12-10-15(2)11-13-17/h5-13,19H,4,14H2,1-3H3,(H,21,24)(H,22,25). The number of aryl methyl sites for hydroxylation is 1. The van der Waals surface area contributed by atoms with Gasteiger partial charge in [0.05, 0.1) is 5.75 Å². The summed E-state index contributed by atoms with van der Waals surface area (Å²) in [6.07, 6.45) is 0. The minimum Gasteiger partial charge on any atom is -0.292 e. The predicted molar refractivity (Wildman–Crippen MR) is 106 cm³/mol. The van der Waals surface area contributed by atoms with Gasteiger partial charge in [0.15, 0.2) is 0 Å². The van der Waals surface area contributed by atoms with Gasteiger partial charge in [-0.25, -0.2) is 0 Å². The van der Waals surface area contributed by atoms with Crippen LogP contribution in [-0.2, 0) is 9.59 Å². The molecule has 2 aromatic carbocycles. The summed E-state index contributed by atoms with van der Waals surface area (Å²) in [6.45, 7) is 4.72. The molecule has 0 radical (unpaired) electrons. The van der Waals surface area contributed by atoms with Crippen LogP contribution in [0, 0.1) is 6.92 Å². The number of amides is 2. The number of carbonyl (C=O) groups is 2. The summed E-state index contributed by atoms with van der Waals surface area (Å²) in [7, 11) is 1.88. The Morgan fingerprint density at radius 3 is 2.31 bits per heavy atom. The topological polar surface area (TPSA) is 61.4 Å². The SMILES string of the molecule is CCN(C)C(C(=O)NNC(=O)CSc1ccc(C)cc1)c1ccccc1. The highest BCUT2D eigenvalue weighted by Crippen LogP contribution is 2.19. The first-order valence-corrected chi connectivity index (χ1v) is 9.53. The molecule has 1 atom stereocenters. The van der Waals surface area contributed by atoms with Gasteiger partial charge in [-0.1, -0.05) is 55.0 Å². The van der Waals surface area contributed by atoms with Gasteiger partial charge >= 0.3 is 0 Å². The van der Waals surface area contributed by atoms with Crippen molar-refractivity contribution in [2.75, 3.05) is 19.3 Å². The van der Waals surface area contributed by atoms with Gasteiger partial charge in [0.2, 0.25) is 5.91 Å². The molecule has 5 nitrogen and oxygen atoms in total. The highest BCUT2D eigenvalue weighted by atomic mass is 32.2. The van der Waals surface area contributed by atoms with Gasteiger partial charge in [0.25, 0.3) is 5.91 Å². The Hall–Kier alpha value is -2.31. The molecule has 0 spiro atoms. The van der Waals surface area contributed by atoms with Gasteiger partial charge in [0.1, 0.15) is 6.04 Å². The zero-order valence-electron chi connectivity index (χ0n) is 15.4. The molecule has 0 saturated carbocycles. The van der Waals surface area contributed by atoms with Gasteiger partial charge in [-0.15, -0.1) is 11.8 Å². The third-order valence-corrected chi connectivity index (χ3v) is 5.03. The molecular weight excluding hydrogens is 346 g/mol. The average Bonchev–Trinajstić information content (AvgIpc) is 2.66. The van der Waals surface area contributed by atoms with E-state index in [4.69, 9.17) is 0 Å². The molecule has 1 unspecified atom stereocenters. The van der Waals surface area contributed by atoms with Gasteiger partial charge in [-0.3, -0.25) is 25.3 Å². The lowest BCUT2D eigenvalue weighted by atomic mass is 10.1. The quantitative estimate of drug-likeness (QED) is 0.580. The highest BCUT2D eigenvalue weighted by molar-refractivity contribution is 8.00. The van der Waals surface area contributed by atoms with Crippen LogP contribution >= 0.6 is 11.8 Å². The highest BCUT2D eigenvalue weighted by Gasteiger charge is 2.24. The lowest BCUT2D eigenvalue weighted by Crippen LogP contribution is -2.47. The molecule has 0 aliphatic carbocycles. The van der Waals surface area contributed by atoms with Gasteiger partial charge in [-0.2, -0.15) is 0 Å². The minimum absolute atomic E-state index is 0.239. The van der Waals surface area contributed by atoms with Crippen LogP contribution in [-0.4, -0.2) is 36.1 Å². The third-order valence-electron chi connectivity index (χ3n) is 4.02. The van der Waals surface area contributed by atoms with Crippen molar-refractivity contribution in [2.45, 2.75) is 24.8 Å². The van der Waals surface area contributed by atoms with Crippen molar-refractivity contribution in [3.8, 4) is 0 Å². The van der Waals surface area contributed by atoms with Crippen molar-refractivity contribution in [1.29, 1.82) is 0 Å². The molecular formula is C20H25N3O2S. The number of hydrogen-bond acceptors (Lipinski definition) is 4. The third kappa shape index (κ3) is 5.89. The van der Waals surface area contributed by atoms with Crippen LogP contribution in [0.15, 0.2) is 59.5 Å². The van der Waals surface area contributed by atoms with E-state index in [9.17, 15) is 9.59 Å². The molecule has 138 valence electrons. The van der Waals surface area contributed by atoms with E-state index in [1.807, 2.05) is 80.4 Å². The van der Waals surface area contributed by atoms with Crippen LogP contribution in [0.25, 0.3) is 0 Å². The molecule has 26 heavy (non-hydrogen) atoms. The maximum absolute atomic E-state index is 12.6. The number of carbonyl (C=O) groups excluding carboxylic acids is 2. The zero-order chi connectivity index (χ0) is 18.9. The van der Waals surface area contributed by atoms with Crippen molar-refractivity contribution in [3.63, 3.8) is 0 Å². The van der Waals surface area contributed by atoms with Crippen LogP contribution in [0.2, 0.25) is 0 Å². The molecule has 0 fully saturated rings. The van der Waals surface area contributed by atoms with E-state index in [0.29, 0.717) is 6.54 Å². The van der Waals surface area contributed by atoms with Crippen molar-refractivity contribution in [3.05, 3.63) is 65.7 Å². The van der Waals surface area contributed by atoms with Crippen molar-refractivity contribution in [1.82, 2.24) is 15.8 Å². The van der Waals surface area contributed by atoms with Crippen LogP contribution in [0.4, 0.5) is 0 Å². The summed E-state index contributed by atoms with van der Waals surface area (Å²) < 4.78 is 0. The molecule has 2 aromatic rings. The summed E-state index contributed by atoms with van der Waals surface area (Å²) in [5.41, 5.74) is 7.12. The van der Waals surface area contributed by atoms with E-state index in [-0.39, 0.29) is 17.6 Å². The Labute approximate surface area is 159 Å². The summed E-state index contributed by atoms with van der Waals surface area (Å²) in [4.78, 5) is 27.6. The van der Waals surface area contributed by atoms with Crippen molar-refractivity contribution < 1.29 is 9.59 Å². The largest absolute Gasteiger partial charge is 0.292 e. The van der Waals surface area contributed by atoms with Crippen LogP contribution in [0.5, 0.6) is 0 Å². The smallest absolute Gasteiger partial charge is 0.260 e. The average molecular weight is 372 g/mol. The minimum atomic E-state index is -0.453. The lowest BCUT2D eigenvalue weighted by Gasteiger charge is -2.26. The number of hydrazine groups is 1. The first-order chi connectivity index (χ1) is 12.5. The fourth-order valence-corrected chi connectivity index (χ4v) is 3.14. The normalized spacial score (nSPS) is 11.8. The summed E-state index contributed by atoms with van der Waals surface area (Å²) in [6, 6.07) is 17.0. The molecule has 0 aliphatic rings. The summed E-state index contributed by atoms with van der Waals surface area (Å²) in [5.74, 6) is -0.257. The van der Waals surface area contributed by atoms with Crippen molar-refractivity contribution >= 4 is 23.6 Å². The second kappa shape index (κ2) is 9.99. The first-order valence-electron chi connectivity index (χ1n) is 8.54. The van der Waals surface area contributed by atoms with Gasteiger partial charge in [-0.05, 0) is 38.2 Å². The Morgan fingerprint density at radius 2 is 1.69 bits per heavy atom. The van der Waals surface area contributed by atoms with E-state index in [1.54, 1.807) is 0 Å². The Balaban J connectivity index is 1.88. The molecule has 2 N–H and O–H groups in total. The molecule has 0 aliphatic heterocycles. The Bertz CT molecular complexity index is 720. The first kappa shape index (κ1) is 20.0. The van der Waals surface area contributed by atoms with Gasteiger partial charge < -0.3 is 0 Å². The van der Waals surface area contributed by atoms with Crippen molar-refractivity contribution in [2.24, 2.45) is 0 Å². The lowest BCUT2D eigenvalue weighted by molar-refractivity contribution is -0.131. The van der Waals surface area contributed by atoms with Crippen LogP contribution < -0.4 is 10.9 Å². The zero-order valence-corrected chi connectivity index (χ0v) is 16.2. The maximum Gasteiger partial charge on any atom is 0.260 e. The number of nitrogens with one attached hydrogen (secondary N) is 2. The molecule has 0 saturated heterocycles. The Morgan fingerprint density at radius 1 is 1.04 bits per heavy atom. The van der Waals surface area contributed by atoms with E-state index >= 15 is 0 Å². The number of benzene rings is 2. The monoisotopic (exact) mass is 371 g/mol. The maximum atomic E-state index is 12.6. The molecule has 2 amide bonds.